The van der Waals surface area contributed by atoms with E-state index in [1.54, 1.807) is 41.0 Å². The lowest BCUT2D eigenvalue weighted by Crippen LogP contribution is -2.02. The third-order valence-electron chi connectivity index (χ3n) is 3.11. The fourth-order valence-corrected chi connectivity index (χ4v) is 2.95. The molecule has 0 N–H and O–H groups in total. The van der Waals surface area contributed by atoms with Gasteiger partial charge in [0.15, 0.2) is 11.0 Å². The average Bonchev–Trinajstić information content (AvgIpc) is 2.97. The third kappa shape index (κ3) is 3.07. The van der Waals surface area contributed by atoms with Crippen molar-refractivity contribution in [2.24, 2.45) is 0 Å². The van der Waals surface area contributed by atoms with Gasteiger partial charge < -0.3 is 0 Å². The zero-order valence-electron chi connectivity index (χ0n) is 11.8. The Labute approximate surface area is 141 Å². The van der Waals surface area contributed by atoms with Gasteiger partial charge in [-0.2, -0.15) is 5.26 Å². The first-order chi connectivity index (χ1) is 11.2. The average molecular weight is 345 g/mol. The second-order valence-corrected chi connectivity index (χ2v) is 5.87. The molecule has 0 fully saturated rings. The van der Waals surface area contributed by atoms with Crippen molar-refractivity contribution in [2.75, 3.05) is 5.75 Å². The summed E-state index contributed by atoms with van der Waals surface area (Å²) in [5, 5.41) is 18.0. The molecule has 23 heavy (non-hydrogen) atoms. The number of hydrogen-bond acceptors (Lipinski definition) is 4. The summed E-state index contributed by atoms with van der Waals surface area (Å²) in [5.74, 6) is 0.218. The summed E-state index contributed by atoms with van der Waals surface area (Å²) in [6, 6.07) is 15.5. The Morgan fingerprint density at radius 1 is 1.13 bits per heavy atom. The fourth-order valence-electron chi connectivity index (χ4n) is 2.13. The minimum atomic E-state index is -0.403. The van der Waals surface area contributed by atoms with Crippen LogP contribution >= 0.6 is 23.4 Å². The van der Waals surface area contributed by atoms with Crippen molar-refractivity contribution in [3.8, 4) is 23.1 Å². The molecule has 0 atom stereocenters. The molecule has 7 heteroatoms. The van der Waals surface area contributed by atoms with Gasteiger partial charge in [-0.05, 0) is 24.3 Å². The van der Waals surface area contributed by atoms with Gasteiger partial charge in [0.05, 0.1) is 22.5 Å². The Hall–Kier alpha value is -2.36. The molecule has 0 aliphatic heterocycles. The van der Waals surface area contributed by atoms with E-state index >= 15 is 0 Å². The maximum Gasteiger partial charge on any atom is 0.197 e. The van der Waals surface area contributed by atoms with E-state index in [2.05, 4.69) is 10.2 Å². The van der Waals surface area contributed by atoms with Crippen molar-refractivity contribution in [1.29, 1.82) is 5.26 Å². The van der Waals surface area contributed by atoms with Crippen LogP contribution in [0.3, 0.4) is 0 Å². The topological polar surface area (TPSA) is 54.5 Å². The van der Waals surface area contributed by atoms with Gasteiger partial charge in [0.25, 0.3) is 0 Å². The van der Waals surface area contributed by atoms with Crippen molar-refractivity contribution in [2.45, 2.75) is 5.16 Å². The first-order valence-electron chi connectivity index (χ1n) is 6.67. The van der Waals surface area contributed by atoms with Crippen LogP contribution in [0.1, 0.15) is 0 Å². The highest BCUT2D eigenvalue weighted by Crippen LogP contribution is 2.32. The SMILES string of the molecule is N#CCSc1nnc(-c2ccccc2Cl)n1-c1ccccc1F. The smallest absolute Gasteiger partial charge is 0.197 e. The minimum Gasteiger partial charge on any atom is -0.267 e. The van der Waals surface area contributed by atoms with Crippen molar-refractivity contribution in [3.63, 3.8) is 0 Å². The molecule has 0 spiro atoms. The Morgan fingerprint density at radius 2 is 1.87 bits per heavy atom. The van der Waals surface area contributed by atoms with Gasteiger partial charge in [0, 0.05) is 5.56 Å². The predicted octanol–water partition coefficient (Wildman–Crippen LogP) is 4.34. The van der Waals surface area contributed by atoms with Gasteiger partial charge in [-0.1, -0.05) is 47.6 Å². The quantitative estimate of drug-likeness (QED) is 0.660. The molecule has 0 saturated heterocycles. The molecule has 0 amide bonds. The van der Waals surface area contributed by atoms with Gasteiger partial charge in [-0.3, -0.25) is 4.57 Å². The van der Waals surface area contributed by atoms with Gasteiger partial charge in [0.2, 0.25) is 0 Å². The summed E-state index contributed by atoms with van der Waals surface area (Å²) in [5.41, 5.74) is 0.960. The molecule has 3 aromatic rings. The standard InChI is InChI=1S/C16H10ClFN4S/c17-12-6-2-1-5-11(12)15-20-21-16(23-10-9-19)22(15)14-8-4-3-7-13(14)18/h1-8H,10H2. The molecule has 2 aromatic carbocycles. The monoisotopic (exact) mass is 344 g/mol. The third-order valence-corrected chi connectivity index (χ3v) is 4.23. The van der Waals surface area contributed by atoms with E-state index < -0.39 is 5.82 Å². The number of hydrogen-bond donors (Lipinski definition) is 0. The Bertz CT molecular complexity index is 888. The Balaban J connectivity index is 2.22. The number of halogens is 2. The molecule has 4 nitrogen and oxygen atoms in total. The molecule has 0 aliphatic carbocycles. The van der Waals surface area contributed by atoms with Gasteiger partial charge in [0.1, 0.15) is 5.82 Å². The predicted molar refractivity (Wildman–Crippen MR) is 88.1 cm³/mol. The van der Waals surface area contributed by atoms with Crippen molar-refractivity contribution in [3.05, 3.63) is 59.4 Å². The molecule has 0 aliphatic rings. The number of nitriles is 1. The lowest BCUT2D eigenvalue weighted by atomic mass is 10.2. The summed E-state index contributed by atoms with van der Waals surface area (Å²) in [4.78, 5) is 0. The summed E-state index contributed by atoms with van der Waals surface area (Å²) in [7, 11) is 0. The summed E-state index contributed by atoms with van der Waals surface area (Å²) in [6.45, 7) is 0. The highest BCUT2D eigenvalue weighted by atomic mass is 35.5. The van der Waals surface area contributed by atoms with Crippen LogP contribution in [-0.4, -0.2) is 20.5 Å². The number of thioether (sulfide) groups is 1. The van der Waals surface area contributed by atoms with Gasteiger partial charge in [-0.15, -0.1) is 10.2 Å². The number of nitrogens with zero attached hydrogens (tertiary/aromatic N) is 4. The van der Waals surface area contributed by atoms with E-state index in [9.17, 15) is 4.39 Å². The van der Waals surface area contributed by atoms with Crippen LogP contribution < -0.4 is 0 Å². The van der Waals surface area contributed by atoms with E-state index in [0.717, 1.165) is 0 Å². The Kier molecular flexibility index (Phi) is 4.60. The van der Waals surface area contributed by atoms with Gasteiger partial charge >= 0.3 is 0 Å². The van der Waals surface area contributed by atoms with Gasteiger partial charge in [-0.25, -0.2) is 4.39 Å². The first kappa shape index (κ1) is 15.5. The summed E-state index contributed by atoms with van der Waals surface area (Å²) >= 11 is 7.43. The summed E-state index contributed by atoms with van der Waals surface area (Å²) in [6.07, 6.45) is 0. The maximum atomic E-state index is 14.3. The summed E-state index contributed by atoms with van der Waals surface area (Å²) < 4.78 is 15.8. The number of para-hydroxylation sites is 1. The number of benzene rings is 2. The molecule has 0 unspecified atom stereocenters. The lowest BCUT2D eigenvalue weighted by molar-refractivity contribution is 0.613. The van der Waals surface area contributed by atoms with Crippen molar-refractivity contribution < 1.29 is 4.39 Å². The van der Waals surface area contributed by atoms with E-state index in [-0.39, 0.29) is 5.75 Å². The fraction of sp³-hybridized carbons (Fsp3) is 0.0625. The number of rotatable bonds is 4. The first-order valence-corrected chi connectivity index (χ1v) is 8.03. The molecule has 1 aromatic heterocycles. The van der Waals surface area contributed by atoms with E-state index in [1.165, 1.54) is 17.8 Å². The maximum absolute atomic E-state index is 14.3. The van der Waals surface area contributed by atoms with Crippen LogP contribution in [-0.2, 0) is 0 Å². The number of aromatic nitrogens is 3. The highest BCUT2D eigenvalue weighted by molar-refractivity contribution is 7.99. The van der Waals surface area contributed by atoms with Crippen molar-refractivity contribution in [1.82, 2.24) is 14.8 Å². The molecule has 114 valence electrons. The van der Waals surface area contributed by atoms with Crippen LogP contribution in [0.4, 0.5) is 4.39 Å². The molecular formula is C16H10ClFN4S. The lowest BCUT2D eigenvalue weighted by Gasteiger charge is -2.11. The second kappa shape index (κ2) is 6.82. The second-order valence-electron chi connectivity index (χ2n) is 4.52. The molecular weight excluding hydrogens is 335 g/mol. The molecule has 1 heterocycles. The molecule has 0 radical (unpaired) electrons. The van der Waals surface area contributed by atoms with Crippen molar-refractivity contribution >= 4 is 23.4 Å². The van der Waals surface area contributed by atoms with E-state index in [4.69, 9.17) is 16.9 Å². The molecule has 0 bridgehead atoms. The molecule has 3 rings (SSSR count). The van der Waals surface area contributed by atoms with Crippen LogP contribution in [0.25, 0.3) is 17.1 Å². The molecule has 0 saturated carbocycles. The van der Waals surface area contributed by atoms with E-state index in [1.807, 2.05) is 12.1 Å². The highest BCUT2D eigenvalue weighted by Gasteiger charge is 2.19. The van der Waals surface area contributed by atoms with Crippen LogP contribution in [0.15, 0.2) is 53.7 Å². The zero-order chi connectivity index (χ0) is 16.2. The Morgan fingerprint density at radius 3 is 2.61 bits per heavy atom. The minimum absolute atomic E-state index is 0.190. The van der Waals surface area contributed by atoms with Crippen LogP contribution in [0.2, 0.25) is 5.02 Å². The largest absolute Gasteiger partial charge is 0.267 e. The van der Waals surface area contributed by atoms with Crippen LogP contribution in [0, 0.1) is 17.1 Å². The zero-order valence-corrected chi connectivity index (χ0v) is 13.4. The van der Waals surface area contributed by atoms with Crippen LogP contribution in [0.5, 0.6) is 0 Å². The van der Waals surface area contributed by atoms with E-state index in [0.29, 0.717) is 27.3 Å². The normalized spacial score (nSPS) is 10.5.